The zero-order valence-electron chi connectivity index (χ0n) is 16.5. The molecule has 29 heavy (non-hydrogen) atoms. The lowest BCUT2D eigenvalue weighted by Gasteiger charge is -2.14. The first-order valence-corrected chi connectivity index (χ1v) is 9.02. The van der Waals surface area contributed by atoms with Gasteiger partial charge in [0.05, 0.1) is 31.2 Å². The molecule has 6 nitrogen and oxygen atoms in total. The van der Waals surface area contributed by atoms with Crippen molar-refractivity contribution in [1.29, 1.82) is 0 Å². The van der Waals surface area contributed by atoms with Crippen LogP contribution in [0.2, 0.25) is 0 Å². The third-order valence-electron chi connectivity index (χ3n) is 4.36. The van der Waals surface area contributed by atoms with Gasteiger partial charge in [0.25, 0.3) is 11.8 Å². The minimum Gasteiger partial charge on any atom is -0.497 e. The van der Waals surface area contributed by atoms with Gasteiger partial charge in [0.15, 0.2) is 0 Å². The van der Waals surface area contributed by atoms with Gasteiger partial charge in [0.1, 0.15) is 11.5 Å². The molecule has 0 aliphatic heterocycles. The van der Waals surface area contributed by atoms with Crippen LogP contribution < -0.4 is 20.1 Å². The summed E-state index contributed by atoms with van der Waals surface area (Å²) in [5.41, 5.74) is 2.76. The fourth-order valence-corrected chi connectivity index (χ4v) is 2.86. The van der Waals surface area contributed by atoms with Crippen molar-refractivity contribution in [2.45, 2.75) is 6.92 Å². The van der Waals surface area contributed by atoms with E-state index in [0.29, 0.717) is 34.0 Å². The van der Waals surface area contributed by atoms with Gasteiger partial charge >= 0.3 is 0 Å². The third kappa shape index (κ3) is 4.73. The Morgan fingerprint density at radius 2 is 1.52 bits per heavy atom. The monoisotopic (exact) mass is 390 g/mol. The van der Waals surface area contributed by atoms with Crippen LogP contribution >= 0.6 is 0 Å². The fourth-order valence-electron chi connectivity index (χ4n) is 2.86. The van der Waals surface area contributed by atoms with Gasteiger partial charge < -0.3 is 20.1 Å². The van der Waals surface area contributed by atoms with Gasteiger partial charge in [0, 0.05) is 11.6 Å². The normalized spacial score (nSPS) is 10.2. The van der Waals surface area contributed by atoms with Gasteiger partial charge in [-0.1, -0.05) is 29.8 Å². The van der Waals surface area contributed by atoms with Crippen LogP contribution in [-0.4, -0.2) is 26.0 Å². The third-order valence-corrected chi connectivity index (χ3v) is 4.36. The predicted octanol–water partition coefficient (Wildman–Crippen LogP) is 4.52. The van der Waals surface area contributed by atoms with Crippen molar-refractivity contribution >= 4 is 23.2 Å². The fraction of sp³-hybridized carbons (Fsp3) is 0.130. The number of methoxy groups -OCH3 is 2. The molecule has 0 atom stereocenters. The van der Waals surface area contributed by atoms with Gasteiger partial charge in [-0.15, -0.1) is 0 Å². The standard InChI is InChI=1S/C23H22N2O4/c1-15-7-6-8-16(13-15)22(26)24-19-10-5-4-9-18(19)23(27)25-20-12-11-17(28-2)14-21(20)29-3/h4-14H,1-3H3,(H,24,26)(H,25,27). The summed E-state index contributed by atoms with van der Waals surface area (Å²) < 4.78 is 10.5. The topological polar surface area (TPSA) is 76.7 Å². The molecule has 0 radical (unpaired) electrons. The van der Waals surface area contributed by atoms with Crippen LogP contribution in [0.15, 0.2) is 66.7 Å². The number of ether oxygens (including phenoxy) is 2. The molecule has 0 unspecified atom stereocenters. The SMILES string of the molecule is COc1ccc(NC(=O)c2ccccc2NC(=O)c2cccc(C)c2)c(OC)c1. The zero-order valence-corrected chi connectivity index (χ0v) is 16.5. The number of rotatable bonds is 6. The maximum atomic E-state index is 12.9. The Morgan fingerprint density at radius 3 is 2.24 bits per heavy atom. The van der Waals surface area contributed by atoms with Crippen molar-refractivity contribution in [1.82, 2.24) is 0 Å². The molecule has 0 aliphatic carbocycles. The number of aryl methyl sites for hydroxylation is 1. The quantitative estimate of drug-likeness (QED) is 0.649. The lowest BCUT2D eigenvalue weighted by Crippen LogP contribution is -2.18. The summed E-state index contributed by atoms with van der Waals surface area (Å²) >= 11 is 0. The molecule has 0 bridgehead atoms. The van der Waals surface area contributed by atoms with Crippen LogP contribution in [-0.2, 0) is 0 Å². The summed E-state index contributed by atoms with van der Waals surface area (Å²) in [7, 11) is 3.07. The van der Waals surface area contributed by atoms with E-state index in [4.69, 9.17) is 9.47 Å². The van der Waals surface area contributed by atoms with E-state index < -0.39 is 0 Å². The van der Waals surface area contributed by atoms with Gasteiger partial charge in [-0.05, 0) is 43.3 Å². The summed E-state index contributed by atoms with van der Waals surface area (Å²) in [6.45, 7) is 1.92. The Morgan fingerprint density at radius 1 is 0.759 bits per heavy atom. The molecule has 0 fully saturated rings. The molecule has 0 saturated carbocycles. The van der Waals surface area contributed by atoms with E-state index in [1.165, 1.54) is 7.11 Å². The Kier molecular flexibility index (Phi) is 6.14. The smallest absolute Gasteiger partial charge is 0.257 e. The molecule has 2 N–H and O–H groups in total. The van der Waals surface area contributed by atoms with Crippen molar-refractivity contribution in [3.63, 3.8) is 0 Å². The molecular weight excluding hydrogens is 368 g/mol. The minimum atomic E-state index is -0.367. The van der Waals surface area contributed by atoms with Crippen LogP contribution in [0.4, 0.5) is 11.4 Å². The summed E-state index contributed by atoms with van der Waals surface area (Å²) in [4.78, 5) is 25.5. The second kappa shape index (κ2) is 8.93. The first-order valence-electron chi connectivity index (χ1n) is 9.02. The average molecular weight is 390 g/mol. The Hall–Kier alpha value is -3.80. The number of carbonyl (C=O) groups excluding carboxylic acids is 2. The van der Waals surface area contributed by atoms with Gasteiger partial charge in [-0.2, -0.15) is 0 Å². The number of benzene rings is 3. The second-order valence-electron chi connectivity index (χ2n) is 6.39. The molecule has 0 aliphatic rings. The largest absolute Gasteiger partial charge is 0.497 e. The van der Waals surface area contributed by atoms with E-state index >= 15 is 0 Å². The van der Waals surface area contributed by atoms with E-state index in [1.54, 1.807) is 61.7 Å². The first-order chi connectivity index (χ1) is 14.0. The zero-order chi connectivity index (χ0) is 20.8. The number of hydrogen-bond acceptors (Lipinski definition) is 4. The molecule has 6 heteroatoms. The van der Waals surface area contributed by atoms with Crippen LogP contribution in [0, 0.1) is 6.92 Å². The van der Waals surface area contributed by atoms with Gasteiger partial charge in [-0.3, -0.25) is 9.59 Å². The van der Waals surface area contributed by atoms with E-state index in [2.05, 4.69) is 10.6 Å². The maximum absolute atomic E-state index is 12.9. The van der Waals surface area contributed by atoms with E-state index in [9.17, 15) is 9.59 Å². The molecular formula is C23H22N2O4. The van der Waals surface area contributed by atoms with Crippen molar-refractivity contribution in [3.8, 4) is 11.5 Å². The molecule has 3 aromatic rings. The minimum absolute atomic E-state index is 0.282. The average Bonchev–Trinajstić information content (AvgIpc) is 2.74. The highest BCUT2D eigenvalue weighted by Gasteiger charge is 2.16. The molecule has 3 aromatic carbocycles. The summed E-state index contributed by atoms with van der Waals surface area (Å²) in [6.07, 6.45) is 0. The Bertz CT molecular complexity index is 1050. The van der Waals surface area contributed by atoms with E-state index in [-0.39, 0.29) is 11.8 Å². The van der Waals surface area contributed by atoms with Gasteiger partial charge in [-0.25, -0.2) is 0 Å². The Balaban J connectivity index is 1.83. The van der Waals surface area contributed by atoms with Crippen LogP contribution in [0.5, 0.6) is 11.5 Å². The number of amides is 2. The number of anilines is 2. The highest BCUT2D eigenvalue weighted by atomic mass is 16.5. The van der Waals surface area contributed by atoms with Crippen molar-refractivity contribution in [3.05, 3.63) is 83.4 Å². The highest BCUT2D eigenvalue weighted by Crippen LogP contribution is 2.30. The summed E-state index contributed by atoms with van der Waals surface area (Å²) in [6, 6.07) is 19.2. The molecule has 0 saturated heterocycles. The van der Waals surface area contributed by atoms with E-state index in [0.717, 1.165) is 5.56 Å². The molecule has 148 valence electrons. The van der Waals surface area contributed by atoms with Crippen LogP contribution in [0.3, 0.4) is 0 Å². The van der Waals surface area contributed by atoms with Crippen molar-refractivity contribution < 1.29 is 19.1 Å². The number of carbonyl (C=O) groups is 2. The van der Waals surface area contributed by atoms with Crippen molar-refractivity contribution in [2.24, 2.45) is 0 Å². The maximum Gasteiger partial charge on any atom is 0.257 e. The van der Waals surface area contributed by atoms with E-state index in [1.807, 2.05) is 19.1 Å². The second-order valence-corrected chi connectivity index (χ2v) is 6.39. The summed E-state index contributed by atoms with van der Waals surface area (Å²) in [5.74, 6) is 0.439. The lowest BCUT2D eigenvalue weighted by atomic mass is 10.1. The number of para-hydroxylation sites is 1. The first kappa shape index (κ1) is 19.9. The van der Waals surface area contributed by atoms with Crippen LogP contribution in [0.1, 0.15) is 26.3 Å². The summed E-state index contributed by atoms with van der Waals surface area (Å²) in [5, 5.41) is 5.64. The highest BCUT2D eigenvalue weighted by molar-refractivity contribution is 6.12. The lowest BCUT2D eigenvalue weighted by molar-refractivity contribution is 0.102. The van der Waals surface area contributed by atoms with Crippen LogP contribution in [0.25, 0.3) is 0 Å². The molecule has 0 aromatic heterocycles. The Labute approximate surface area is 169 Å². The number of hydrogen-bond donors (Lipinski definition) is 2. The molecule has 3 rings (SSSR count). The molecule has 0 heterocycles. The van der Waals surface area contributed by atoms with Crippen molar-refractivity contribution in [2.75, 3.05) is 24.9 Å². The molecule has 2 amide bonds. The predicted molar refractivity (Wildman–Crippen MR) is 113 cm³/mol. The molecule has 0 spiro atoms. The number of nitrogens with one attached hydrogen (secondary N) is 2. The van der Waals surface area contributed by atoms with Gasteiger partial charge in [0.2, 0.25) is 0 Å².